The number of aryl methyl sites for hydroxylation is 2. The SMILES string of the molecule is CC[C@H](N)c1ccc(Sc2ccc3c(c2)CCC3)cc1. The van der Waals surface area contributed by atoms with Gasteiger partial charge in [0, 0.05) is 15.8 Å². The molecule has 1 aliphatic carbocycles. The van der Waals surface area contributed by atoms with Crippen LogP contribution in [0.2, 0.25) is 0 Å². The first-order valence-electron chi connectivity index (χ1n) is 7.41. The zero-order valence-corrected chi connectivity index (χ0v) is 12.7. The summed E-state index contributed by atoms with van der Waals surface area (Å²) in [6.45, 7) is 2.12. The highest BCUT2D eigenvalue weighted by molar-refractivity contribution is 7.99. The van der Waals surface area contributed by atoms with Crippen LogP contribution in [0.1, 0.15) is 42.5 Å². The zero-order chi connectivity index (χ0) is 13.9. The summed E-state index contributed by atoms with van der Waals surface area (Å²) >= 11 is 1.84. The van der Waals surface area contributed by atoms with Crippen LogP contribution in [-0.4, -0.2) is 0 Å². The second-order valence-electron chi connectivity index (χ2n) is 5.47. The fourth-order valence-electron chi connectivity index (χ4n) is 2.77. The largest absolute Gasteiger partial charge is 0.324 e. The van der Waals surface area contributed by atoms with Crippen LogP contribution in [0, 0.1) is 0 Å². The molecule has 0 saturated carbocycles. The topological polar surface area (TPSA) is 26.0 Å². The van der Waals surface area contributed by atoms with Gasteiger partial charge in [-0.15, -0.1) is 0 Å². The molecule has 1 aliphatic rings. The summed E-state index contributed by atoms with van der Waals surface area (Å²) in [5, 5.41) is 0. The van der Waals surface area contributed by atoms with Gasteiger partial charge in [-0.2, -0.15) is 0 Å². The number of fused-ring (bicyclic) bond motifs is 1. The number of hydrogen-bond acceptors (Lipinski definition) is 2. The molecule has 0 aliphatic heterocycles. The second-order valence-corrected chi connectivity index (χ2v) is 6.62. The van der Waals surface area contributed by atoms with E-state index in [-0.39, 0.29) is 6.04 Å². The van der Waals surface area contributed by atoms with Crippen LogP contribution in [0.25, 0.3) is 0 Å². The summed E-state index contributed by atoms with van der Waals surface area (Å²) in [5.74, 6) is 0. The van der Waals surface area contributed by atoms with E-state index in [1.54, 1.807) is 11.1 Å². The molecule has 3 rings (SSSR count). The summed E-state index contributed by atoms with van der Waals surface area (Å²) < 4.78 is 0. The Kier molecular flexibility index (Phi) is 4.13. The highest BCUT2D eigenvalue weighted by Gasteiger charge is 2.11. The van der Waals surface area contributed by atoms with Gasteiger partial charge in [0.15, 0.2) is 0 Å². The van der Waals surface area contributed by atoms with Crippen molar-refractivity contribution >= 4 is 11.8 Å². The molecular weight excluding hydrogens is 262 g/mol. The van der Waals surface area contributed by atoms with Crippen molar-refractivity contribution in [1.82, 2.24) is 0 Å². The Morgan fingerprint density at radius 3 is 2.45 bits per heavy atom. The molecule has 2 heteroatoms. The van der Waals surface area contributed by atoms with Gasteiger partial charge < -0.3 is 5.73 Å². The molecule has 0 saturated heterocycles. The highest BCUT2D eigenvalue weighted by Crippen LogP contribution is 2.32. The van der Waals surface area contributed by atoms with E-state index in [0.29, 0.717) is 0 Å². The van der Waals surface area contributed by atoms with Gasteiger partial charge in [0.1, 0.15) is 0 Å². The Balaban J connectivity index is 1.74. The molecule has 0 heterocycles. The van der Waals surface area contributed by atoms with Gasteiger partial charge in [-0.1, -0.05) is 36.9 Å². The van der Waals surface area contributed by atoms with Crippen molar-refractivity contribution < 1.29 is 0 Å². The average Bonchev–Trinajstić information content (AvgIpc) is 2.95. The fraction of sp³-hybridized carbons (Fsp3) is 0.333. The molecular formula is C18H21NS. The lowest BCUT2D eigenvalue weighted by molar-refractivity contribution is 0.698. The smallest absolute Gasteiger partial charge is 0.0292 e. The zero-order valence-electron chi connectivity index (χ0n) is 11.9. The molecule has 0 radical (unpaired) electrons. The Morgan fingerprint density at radius 1 is 1.00 bits per heavy atom. The van der Waals surface area contributed by atoms with Gasteiger partial charge in [-0.3, -0.25) is 0 Å². The molecule has 0 fully saturated rings. The molecule has 1 atom stereocenters. The lowest BCUT2D eigenvalue weighted by Gasteiger charge is -2.10. The molecule has 0 aromatic heterocycles. The van der Waals surface area contributed by atoms with Crippen LogP contribution in [-0.2, 0) is 12.8 Å². The van der Waals surface area contributed by atoms with Gasteiger partial charge in [0.25, 0.3) is 0 Å². The van der Waals surface area contributed by atoms with E-state index < -0.39 is 0 Å². The molecule has 104 valence electrons. The van der Waals surface area contributed by atoms with E-state index in [4.69, 9.17) is 5.73 Å². The lowest BCUT2D eigenvalue weighted by Crippen LogP contribution is -2.07. The van der Waals surface area contributed by atoms with Gasteiger partial charge in [-0.25, -0.2) is 0 Å². The minimum absolute atomic E-state index is 0.161. The Morgan fingerprint density at radius 2 is 1.70 bits per heavy atom. The predicted molar refractivity (Wildman–Crippen MR) is 86.3 cm³/mol. The van der Waals surface area contributed by atoms with Crippen molar-refractivity contribution in [2.45, 2.75) is 48.4 Å². The van der Waals surface area contributed by atoms with Crippen LogP contribution in [0.3, 0.4) is 0 Å². The molecule has 1 nitrogen and oxygen atoms in total. The summed E-state index contributed by atoms with van der Waals surface area (Å²) in [6, 6.07) is 15.7. The number of benzene rings is 2. The standard InChI is InChI=1S/C18H21NS/c1-2-18(19)14-7-9-16(10-8-14)20-17-11-6-13-4-3-5-15(13)12-17/h6-12,18H,2-5,19H2,1H3/t18-/m0/s1. The Bertz CT molecular complexity index is 589. The summed E-state index contributed by atoms with van der Waals surface area (Å²) in [6.07, 6.45) is 4.79. The monoisotopic (exact) mass is 283 g/mol. The summed E-state index contributed by atoms with van der Waals surface area (Å²) in [5.41, 5.74) is 10.4. The molecule has 0 unspecified atom stereocenters. The van der Waals surface area contributed by atoms with Crippen LogP contribution >= 0.6 is 11.8 Å². The first-order chi connectivity index (χ1) is 9.76. The molecule has 0 amide bonds. The predicted octanol–water partition coefficient (Wildman–Crippen LogP) is 4.74. The number of nitrogens with two attached hydrogens (primary N) is 1. The number of hydrogen-bond donors (Lipinski definition) is 1. The molecule has 2 aromatic rings. The van der Waals surface area contributed by atoms with Gasteiger partial charge >= 0.3 is 0 Å². The maximum Gasteiger partial charge on any atom is 0.0292 e. The minimum atomic E-state index is 0.161. The Labute approximate surface area is 125 Å². The lowest BCUT2D eigenvalue weighted by atomic mass is 10.1. The van der Waals surface area contributed by atoms with Gasteiger partial charge in [0.2, 0.25) is 0 Å². The van der Waals surface area contributed by atoms with Gasteiger partial charge in [0.05, 0.1) is 0 Å². The Hall–Kier alpha value is -1.25. The second kappa shape index (κ2) is 6.02. The van der Waals surface area contributed by atoms with Crippen molar-refractivity contribution in [3.05, 3.63) is 59.2 Å². The maximum absolute atomic E-state index is 6.05. The highest BCUT2D eigenvalue weighted by atomic mass is 32.2. The van der Waals surface area contributed by atoms with Gasteiger partial charge in [-0.05, 0) is 66.6 Å². The van der Waals surface area contributed by atoms with Crippen molar-refractivity contribution in [3.63, 3.8) is 0 Å². The van der Waals surface area contributed by atoms with Crippen molar-refractivity contribution in [2.75, 3.05) is 0 Å². The van der Waals surface area contributed by atoms with E-state index in [1.807, 2.05) is 11.8 Å². The summed E-state index contributed by atoms with van der Waals surface area (Å²) in [7, 11) is 0. The van der Waals surface area contributed by atoms with E-state index in [2.05, 4.69) is 49.4 Å². The third-order valence-corrected chi connectivity index (χ3v) is 5.05. The molecule has 20 heavy (non-hydrogen) atoms. The van der Waals surface area contributed by atoms with Crippen molar-refractivity contribution in [3.8, 4) is 0 Å². The number of rotatable bonds is 4. The van der Waals surface area contributed by atoms with Crippen LogP contribution in [0.5, 0.6) is 0 Å². The van der Waals surface area contributed by atoms with Crippen LogP contribution in [0.15, 0.2) is 52.3 Å². The van der Waals surface area contributed by atoms with Crippen molar-refractivity contribution in [1.29, 1.82) is 0 Å². The first-order valence-corrected chi connectivity index (χ1v) is 8.23. The molecule has 2 aromatic carbocycles. The first kappa shape index (κ1) is 13.7. The van der Waals surface area contributed by atoms with Crippen molar-refractivity contribution in [2.24, 2.45) is 5.73 Å². The van der Waals surface area contributed by atoms with E-state index in [9.17, 15) is 0 Å². The molecule has 0 bridgehead atoms. The van der Waals surface area contributed by atoms with Crippen LogP contribution < -0.4 is 5.73 Å². The molecule has 0 spiro atoms. The average molecular weight is 283 g/mol. The van der Waals surface area contributed by atoms with E-state index in [0.717, 1.165) is 6.42 Å². The van der Waals surface area contributed by atoms with E-state index in [1.165, 1.54) is 34.6 Å². The fourth-order valence-corrected chi connectivity index (χ4v) is 3.65. The normalized spacial score (nSPS) is 15.1. The summed E-state index contributed by atoms with van der Waals surface area (Å²) in [4.78, 5) is 2.63. The quantitative estimate of drug-likeness (QED) is 0.877. The third-order valence-electron chi connectivity index (χ3n) is 4.05. The van der Waals surface area contributed by atoms with Crippen LogP contribution in [0.4, 0.5) is 0 Å². The van der Waals surface area contributed by atoms with E-state index >= 15 is 0 Å². The maximum atomic E-state index is 6.05. The third kappa shape index (κ3) is 2.92. The minimum Gasteiger partial charge on any atom is -0.324 e. The molecule has 2 N–H and O–H groups in total.